The number of carbonyl (C=O) groups excluding carboxylic acids is 4. The van der Waals surface area contributed by atoms with Gasteiger partial charge in [0.25, 0.3) is 0 Å². The third kappa shape index (κ3) is 4.11. The van der Waals surface area contributed by atoms with Crippen molar-refractivity contribution >= 4 is 24.5 Å². The molecule has 0 heterocycles. The average molecular weight is 368 g/mol. The monoisotopic (exact) mass is 368 g/mol. The summed E-state index contributed by atoms with van der Waals surface area (Å²) in [5.74, 6) is -1.47. The third-order valence-electron chi connectivity index (χ3n) is 4.49. The van der Waals surface area contributed by atoms with E-state index in [0.717, 1.165) is 0 Å². The number of esters is 2. The molecule has 0 amide bonds. The summed E-state index contributed by atoms with van der Waals surface area (Å²) in [5.41, 5.74) is -1.16. The molecule has 6 nitrogen and oxygen atoms in total. The minimum absolute atomic E-state index is 0.0740. The van der Waals surface area contributed by atoms with Crippen molar-refractivity contribution in [3.8, 4) is 11.5 Å². The lowest BCUT2D eigenvalue weighted by Gasteiger charge is -2.27. The Morgan fingerprint density at radius 3 is 1.48 bits per heavy atom. The Balaban J connectivity index is 2.32. The lowest BCUT2D eigenvalue weighted by Crippen LogP contribution is -2.44. The number of hydrogen-bond acceptors (Lipinski definition) is 6. The maximum atomic E-state index is 12.8. The summed E-state index contributed by atoms with van der Waals surface area (Å²) in [7, 11) is 0. The van der Waals surface area contributed by atoms with Crippen LogP contribution in [0.5, 0.6) is 11.5 Å². The molecule has 0 spiro atoms. The van der Waals surface area contributed by atoms with Crippen LogP contribution in [-0.4, -0.2) is 24.5 Å². The van der Waals surface area contributed by atoms with Gasteiger partial charge in [0.1, 0.15) is 11.5 Å². The largest absolute Gasteiger partial charge is 0.425 e. The van der Waals surface area contributed by atoms with Crippen molar-refractivity contribution in [2.45, 2.75) is 26.7 Å². The molecular weight excluding hydrogens is 348 g/mol. The summed E-state index contributed by atoms with van der Waals surface area (Å²) in [6.45, 7) is 3.34. The molecule has 0 aliphatic heterocycles. The van der Waals surface area contributed by atoms with Crippen molar-refractivity contribution in [3.63, 3.8) is 0 Å². The van der Waals surface area contributed by atoms with Crippen molar-refractivity contribution in [3.05, 3.63) is 59.7 Å². The maximum absolute atomic E-state index is 12.8. The van der Waals surface area contributed by atoms with E-state index in [-0.39, 0.29) is 35.5 Å². The molecule has 0 fully saturated rings. The van der Waals surface area contributed by atoms with Crippen molar-refractivity contribution in [1.82, 2.24) is 0 Å². The van der Waals surface area contributed by atoms with Gasteiger partial charge in [-0.2, -0.15) is 0 Å². The van der Waals surface area contributed by atoms with Gasteiger partial charge in [-0.3, -0.25) is 19.2 Å². The van der Waals surface area contributed by atoms with Crippen LogP contribution < -0.4 is 9.47 Å². The molecule has 0 radical (unpaired) electrons. The fourth-order valence-corrected chi connectivity index (χ4v) is 2.65. The molecular formula is C21H20O6. The van der Waals surface area contributed by atoms with E-state index in [9.17, 15) is 19.2 Å². The van der Waals surface area contributed by atoms with Crippen molar-refractivity contribution in [2.24, 2.45) is 5.41 Å². The zero-order chi connectivity index (χ0) is 19.9. The summed E-state index contributed by atoms with van der Waals surface area (Å²) in [4.78, 5) is 47.9. The Kier molecular flexibility index (Phi) is 6.60. The van der Waals surface area contributed by atoms with Crippen LogP contribution in [0.3, 0.4) is 0 Å². The standard InChI is InChI=1S/C21H20O6/c1-3-21(4-2,19(24)26-17-11-7-5-9-15(17)13-22)20(25)27-18-12-8-6-10-16(18)14-23/h5-14H,3-4H2,1-2H3. The van der Waals surface area contributed by atoms with Crippen LogP contribution >= 0.6 is 0 Å². The molecule has 2 rings (SSSR count). The highest BCUT2D eigenvalue weighted by Crippen LogP contribution is 2.32. The quantitative estimate of drug-likeness (QED) is 0.306. The minimum atomic E-state index is -1.56. The zero-order valence-corrected chi connectivity index (χ0v) is 15.1. The van der Waals surface area contributed by atoms with E-state index < -0.39 is 17.4 Å². The predicted octanol–water partition coefficient (Wildman–Crippen LogP) is 3.63. The van der Waals surface area contributed by atoms with Crippen LogP contribution in [0.4, 0.5) is 0 Å². The Hall–Kier alpha value is -3.28. The molecule has 6 heteroatoms. The first kappa shape index (κ1) is 20.0. The minimum Gasteiger partial charge on any atom is -0.425 e. The number of carbonyl (C=O) groups is 4. The smallest absolute Gasteiger partial charge is 0.328 e. The molecule has 0 N–H and O–H groups in total. The van der Waals surface area contributed by atoms with Crippen LogP contribution in [0.2, 0.25) is 0 Å². The van der Waals surface area contributed by atoms with Gasteiger partial charge in [0.15, 0.2) is 18.0 Å². The molecule has 0 aromatic heterocycles. The van der Waals surface area contributed by atoms with E-state index in [4.69, 9.17) is 9.47 Å². The first-order valence-electron chi connectivity index (χ1n) is 8.55. The fourth-order valence-electron chi connectivity index (χ4n) is 2.65. The first-order valence-corrected chi connectivity index (χ1v) is 8.55. The Morgan fingerprint density at radius 2 is 1.15 bits per heavy atom. The van der Waals surface area contributed by atoms with Crippen LogP contribution in [-0.2, 0) is 9.59 Å². The third-order valence-corrected chi connectivity index (χ3v) is 4.49. The molecule has 140 valence electrons. The summed E-state index contributed by atoms with van der Waals surface area (Å²) < 4.78 is 10.7. The van der Waals surface area contributed by atoms with Crippen LogP contribution in [0.1, 0.15) is 47.4 Å². The van der Waals surface area contributed by atoms with Gasteiger partial charge in [-0.05, 0) is 37.1 Å². The Bertz CT molecular complexity index is 784. The highest BCUT2D eigenvalue weighted by atomic mass is 16.6. The van der Waals surface area contributed by atoms with Gasteiger partial charge in [-0.25, -0.2) is 0 Å². The van der Waals surface area contributed by atoms with Gasteiger partial charge in [0.2, 0.25) is 0 Å². The molecule has 0 saturated carbocycles. The van der Waals surface area contributed by atoms with Gasteiger partial charge in [-0.15, -0.1) is 0 Å². The summed E-state index contributed by atoms with van der Waals surface area (Å²) >= 11 is 0. The second kappa shape index (κ2) is 8.89. The number of aldehydes is 2. The van der Waals surface area contributed by atoms with E-state index in [0.29, 0.717) is 12.6 Å². The number of rotatable bonds is 8. The summed E-state index contributed by atoms with van der Waals surface area (Å²) in [6.07, 6.45) is 1.41. The van der Waals surface area contributed by atoms with Gasteiger partial charge in [-0.1, -0.05) is 38.1 Å². The molecule has 0 bridgehead atoms. The van der Waals surface area contributed by atoms with E-state index in [1.54, 1.807) is 38.1 Å². The molecule has 2 aromatic rings. The number of ether oxygens (including phenoxy) is 2. The highest BCUT2D eigenvalue weighted by Gasteiger charge is 2.46. The molecule has 0 atom stereocenters. The molecule has 2 aromatic carbocycles. The van der Waals surface area contributed by atoms with Gasteiger partial charge < -0.3 is 9.47 Å². The van der Waals surface area contributed by atoms with Crippen LogP contribution in [0.15, 0.2) is 48.5 Å². The Morgan fingerprint density at radius 1 is 0.778 bits per heavy atom. The van der Waals surface area contributed by atoms with Crippen LogP contribution in [0, 0.1) is 5.41 Å². The predicted molar refractivity (Wildman–Crippen MR) is 97.9 cm³/mol. The van der Waals surface area contributed by atoms with Crippen molar-refractivity contribution in [2.75, 3.05) is 0 Å². The molecule has 0 saturated heterocycles. The van der Waals surface area contributed by atoms with Crippen molar-refractivity contribution in [1.29, 1.82) is 0 Å². The second-order valence-electron chi connectivity index (χ2n) is 5.88. The maximum Gasteiger partial charge on any atom is 0.328 e. The molecule has 0 aliphatic rings. The summed E-state index contributed by atoms with van der Waals surface area (Å²) in [6, 6.07) is 12.5. The van der Waals surface area contributed by atoms with E-state index in [2.05, 4.69) is 0 Å². The average Bonchev–Trinajstić information content (AvgIpc) is 2.70. The van der Waals surface area contributed by atoms with E-state index in [1.807, 2.05) is 0 Å². The Labute approximate surface area is 157 Å². The second-order valence-corrected chi connectivity index (χ2v) is 5.88. The van der Waals surface area contributed by atoms with Crippen molar-refractivity contribution < 1.29 is 28.7 Å². The zero-order valence-electron chi connectivity index (χ0n) is 15.1. The fraction of sp³-hybridized carbons (Fsp3) is 0.238. The van der Waals surface area contributed by atoms with Gasteiger partial charge in [0, 0.05) is 0 Å². The van der Waals surface area contributed by atoms with E-state index >= 15 is 0 Å². The topological polar surface area (TPSA) is 86.7 Å². The molecule has 0 unspecified atom stereocenters. The number of para-hydroxylation sites is 2. The highest BCUT2D eigenvalue weighted by molar-refractivity contribution is 6.02. The van der Waals surface area contributed by atoms with E-state index in [1.165, 1.54) is 24.3 Å². The normalized spacial score (nSPS) is 10.7. The lowest BCUT2D eigenvalue weighted by atomic mass is 9.82. The lowest BCUT2D eigenvalue weighted by molar-refractivity contribution is -0.161. The number of benzene rings is 2. The van der Waals surface area contributed by atoms with Crippen LogP contribution in [0.25, 0.3) is 0 Å². The number of hydrogen-bond donors (Lipinski definition) is 0. The molecule has 0 aliphatic carbocycles. The molecule has 27 heavy (non-hydrogen) atoms. The van der Waals surface area contributed by atoms with Gasteiger partial charge in [0.05, 0.1) is 11.1 Å². The summed E-state index contributed by atoms with van der Waals surface area (Å²) in [5, 5.41) is 0. The van der Waals surface area contributed by atoms with Gasteiger partial charge >= 0.3 is 11.9 Å². The SMILES string of the molecule is CCC(CC)(C(=O)Oc1ccccc1C=O)C(=O)Oc1ccccc1C=O. The first-order chi connectivity index (χ1) is 13.0.